The second kappa shape index (κ2) is 7.05. The van der Waals surface area contributed by atoms with Crippen molar-refractivity contribution in [2.24, 2.45) is 0 Å². The maximum absolute atomic E-state index is 11.3. The Labute approximate surface area is 119 Å². The fourth-order valence-electron chi connectivity index (χ4n) is 1.73. The van der Waals surface area contributed by atoms with Crippen molar-refractivity contribution in [3.8, 4) is 0 Å². The molecule has 18 heavy (non-hydrogen) atoms. The van der Waals surface area contributed by atoms with Gasteiger partial charge in [0.15, 0.2) is 5.78 Å². The molecule has 2 nitrogen and oxygen atoms in total. The summed E-state index contributed by atoms with van der Waals surface area (Å²) in [6.07, 6.45) is 3.23. The molecular formula is C14H20ClNOS. The Hall–Kier alpha value is -0.670. The number of hydrogen-bond acceptors (Lipinski definition) is 3. The van der Waals surface area contributed by atoms with Gasteiger partial charge in [0.25, 0.3) is 0 Å². The highest BCUT2D eigenvalue weighted by Gasteiger charge is 2.13. The number of ketones is 1. The molecule has 0 aromatic heterocycles. The standard InChI is InChI=1S/C14H20ClNOS/c1-10(7-8-18-4)16(3)14-6-5-12(11(2)17)9-13(14)15/h5-6,9-10H,7-8H2,1-4H3. The van der Waals surface area contributed by atoms with Crippen LogP contribution in [0.5, 0.6) is 0 Å². The van der Waals surface area contributed by atoms with E-state index in [1.807, 2.05) is 30.9 Å². The fraction of sp³-hybridized carbons (Fsp3) is 0.500. The summed E-state index contributed by atoms with van der Waals surface area (Å²) in [5.74, 6) is 1.18. The van der Waals surface area contributed by atoms with Gasteiger partial charge in [-0.1, -0.05) is 11.6 Å². The molecule has 1 aromatic rings. The van der Waals surface area contributed by atoms with Crippen molar-refractivity contribution in [2.45, 2.75) is 26.3 Å². The molecule has 100 valence electrons. The van der Waals surface area contributed by atoms with Gasteiger partial charge in [-0.3, -0.25) is 4.79 Å². The topological polar surface area (TPSA) is 20.3 Å². The molecule has 0 saturated heterocycles. The van der Waals surface area contributed by atoms with Crippen molar-refractivity contribution in [3.05, 3.63) is 28.8 Å². The molecular weight excluding hydrogens is 266 g/mol. The quantitative estimate of drug-likeness (QED) is 0.733. The molecule has 1 rings (SSSR count). The van der Waals surface area contributed by atoms with Crippen LogP contribution in [0.25, 0.3) is 0 Å². The Balaban J connectivity index is 2.86. The van der Waals surface area contributed by atoms with E-state index in [9.17, 15) is 4.79 Å². The highest BCUT2D eigenvalue weighted by Crippen LogP contribution is 2.28. The minimum absolute atomic E-state index is 0.0431. The lowest BCUT2D eigenvalue weighted by molar-refractivity contribution is 0.101. The van der Waals surface area contributed by atoms with E-state index in [-0.39, 0.29) is 5.78 Å². The molecule has 0 aliphatic carbocycles. The smallest absolute Gasteiger partial charge is 0.159 e. The summed E-state index contributed by atoms with van der Waals surface area (Å²) in [5, 5.41) is 0.640. The predicted molar refractivity (Wildman–Crippen MR) is 82.3 cm³/mol. The van der Waals surface area contributed by atoms with Crippen LogP contribution in [0.4, 0.5) is 5.69 Å². The average Bonchev–Trinajstić information content (AvgIpc) is 2.34. The normalized spacial score (nSPS) is 12.3. The van der Waals surface area contributed by atoms with E-state index in [4.69, 9.17) is 11.6 Å². The van der Waals surface area contributed by atoms with E-state index in [2.05, 4.69) is 18.1 Å². The number of Topliss-reactive ketones (excluding diaryl/α,β-unsaturated/α-hetero) is 1. The van der Waals surface area contributed by atoms with Gasteiger partial charge >= 0.3 is 0 Å². The number of anilines is 1. The average molecular weight is 286 g/mol. The molecule has 0 amide bonds. The first-order chi connectivity index (χ1) is 8.47. The number of carbonyl (C=O) groups excluding carboxylic acids is 1. The minimum Gasteiger partial charge on any atom is -0.371 e. The van der Waals surface area contributed by atoms with Crippen LogP contribution in [0.3, 0.4) is 0 Å². The maximum atomic E-state index is 11.3. The van der Waals surface area contributed by atoms with Crippen LogP contribution in [0, 0.1) is 0 Å². The highest BCUT2D eigenvalue weighted by molar-refractivity contribution is 7.98. The van der Waals surface area contributed by atoms with Crippen molar-refractivity contribution in [3.63, 3.8) is 0 Å². The van der Waals surface area contributed by atoms with E-state index in [1.165, 1.54) is 0 Å². The van der Waals surface area contributed by atoms with Crippen molar-refractivity contribution in [1.82, 2.24) is 0 Å². The number of benzene rings is 1. The van der Waals surface area contributed by atoms with E-state index in [0.717, 1.165) is 17.9 Å². The SMILES string of the molecule is CSCCC(C)N(C)c1ccc(C(C)=O)cc1Cl. The zero-order valence-electron chi connectivity index (χ0n) is 11.4. The molecule has 0 N–H and O–H groups in total. The maximum Gasteiger partial charge on any atom is 0.159 e. The van der Waals surface area contributed by atoms with E-state index in [1.54, 1.807) is 13.0 Å². The van der Waals surface area contributed by atoms with Crippen LogP contribution >= 0.6 is 23.4 Å². The van der Waals surface area contributed by atoms with Crippen molar-refractivity contribution in [1.29, 1.82) is 0 Å². The summed E-state index contributed by atoms with van der Waals surface area (Å²) < 4.78 is 0. The van der Waals surface area contributed by atoms with Crippen LogP contribution in [0.15, 0.2) is 18.2 Å². The third kappa shape index (κ3) is 3.92. The van der Waals surface area contributed by atoms with Crippen molar-refractivity contribution in [2.75, 3.05) is 24.0 Å². The van der Waals surface area contributed by atoms with Gasteiger partial charge < -0.3 is 4.90 Å². The number of carbonyl (C=O) groups is 1. The second-order valence-corrected chi connectivity index (χ2v) is 5.86. The number of hydrogen-bond donors (Lipinski definition) is 0. The van der Waals surface area contributed by atoms with E-state index in [0.29, 0.717) is 16.6 Å². The van der Waals surface area contributed by atoms with Gasteiger partial charge in [0.1, 0.15) is 0 Å². The van der Waals surface area contributed by atoms with Gasteiger partial charge in [-0.15, -0.1) is 0 Å². The first kappa shape index (κ1) is 15.4. The number of rotatable bonds is 6. The summed E-state index contributed by atoms with van der Waals surface area (Å²) in [6.45, 7) is 3.74. The molecule has 0 heterocycles. The Morgan fingerprint density at radius 3 is 2.67 bits per heavy atom. The first-order valence-electron chi connectivity index (χ1n) is 5.99. The molecule has 0 aliphatic rings. The Kier molecular flexibility index (Phi) is 6.03. The molecule has 0 radical (unpaired) electrons. The summed E-state index contributed by atoms with van der Waals surface area (Å²) in [4.78, 5) is 13.4. The molecule has 4 heteroatoms. The zero-order valence-corrected chi connectivity index (χ0v) is 12.9. The molecule has 0 spiro atoms. The molecule has 0 aliphatic heterocycles. The van der Waals surface area contributed by atoms with Gasteiger partial charge in [0, 0.05) is 18.7 Å². The molecule has 0 saturated carbocycles. The van der Waals surface area contributed by atoms with Gasteiger partial charge in [-0.05, 0) is 50.5 Å². The Morgan fingerprint density at radius 2 is 2.17 bits per heavy atom. The summed E-state index contributed by atoms with van der Waals surface area (Å²) in [7, 11) is 2.04. The molecule has 0 fully saturated rings. The lowest BCUT2D eigenvalue weighted by Crippen LogP contribution is -2.29. The van der Waals surface area contributed by atoms with Crippen LogP contribution in [-0.4, -0.2) is 30.9 Å². The minimum atomic E-state index is 0.0431. The van der Waals surface area contributed by atoms with Gasteiger partial charge in [-0.2, -0.15) is 11.8 Å². The summed E-state index contributed by atoms with van der Waals surface area (Å²) in [6, 6.07) is 5.94. The van der Waals surface area contributed by atoms with Gasteiger partial charge in [0.05, 0.1) is 10.7 Å². The molecule has 1 unspecified atom stereocenters. The monoisotopic (exact) mass is 285 g/mol. The molecule has 0 bridgehead atoms. The van der Waals surface area contributed by atoms with Crippen molar-refractivity contribution < 1.29 is 4.79 Å². The van der Waals surface area contributed by atoms with Crippen LogP contribution < -0.4 is 4.90 Å². The first-order valence-corrected chi connectivity index (χ1v) is 7.76. The third-order valence-electron chi connectivity index (χ3n) is 3.14. The second-order valence-electron chi connectivity index (χ2n) is 4.46. The number of nitrogens with zero attached hydrogens (tertiary/aromatic N) is 1. The van der Waals surface area contributed by atoms with E-state index >= 15 is 0 Å². The lowest BCUT2D eigenvalue weighted by Gasteiger charge is -2.28. The zero-order chi connectivity index (χ0) is 13.7. The van der Waals surface area contributed by atoms with Crippen molar-refractivity contribution >= 4 is 34.8 Å². The Bertz CT molecular complexity index is 422. The Morgan fingerprint density at radius 1 is 1.50 bits per heavy atom. The van der Waals surface area contributed by atoms with Gasteiger partial charge in [0.2, 0.25) is 0 Å². The predicted octanol–water partition coefficient (Wildman–Crippen LogP) is 4.12. The highest BCUT2D eigenvalue weighted by atomic mass is 35.5. The fourth-order valence-corrected chi connectivity index (χ4v) is 2.62. The molecule has 1 aromatic carbocycles. The number of thioether (sulfide) groups is 1. The van der Waals surface area contributed by atoms with E-state index < -0.39 is 0 Å². The van der Waals surface area contributed by atoms with Gasteiger partial charge in [-0.25, -0.2) is 0 Å². The number of halogens is 1. The van der Waals surface area contributed by atoms with Crippen LogP contribution in [0.1, 0.15) is 30.6 Å². The van der Waals surface area contributed by atoms with Crippen LogP contribution in [0.2, 0.25) is 5.02 Å². The van der Waals surface area contributed by atoms with Crippen LogP contribution in [-0.2, 0) is 0 Å². The third-order valence-corrected chi connectivity index (χ3v) is 4.08. The molecule has 1 atom stereocenters. The largest absolute Gasteiger partial charge is 0.371 e. The summed E-state index contributed by atoms with van der Waals surface area (Å²) >= 11 is 8.10. The lowest BCUT2D eigenvalue weighted by atomic mass is 10.1. The summed E-state index contributed by atoms with van der Waals surface area (Å²) in [5.41, 5.74) is 1.64.